The maximum Gasteiger partial charge on any atom is 0.254 e. The highest BCUT2D eigenvalue weighted by molar-refractivity contribution is 6.05. The molecule has 4 heterocycles. The van der Waals surface area contributed by atoms with Gasteiger partial charge in [-0.15, -0.1) is 0 Å². The number of carbonyl (C=O) groups excluding carboxylic acids is 2. The Morgan fingerprint density at radius 2 is 2.00 bits per heavy atom. The number of para-hydroxylation sites is 1. The summed E-state index contributed by atoms with van der Waals surface area (Å²) in [5.74, 6) is 0.804. The number of nitrogens with one attached hydrogen (secondary N) is 3. The van der Waals surface area contributed by atoms with Crippen molar-refractivity contribution < 1.29 is 13.7 Å². The Balaban J connectivity index is 1.55. The van der Waals surface area contributed by atoms with Crippen molar-refractivity contribution in [3.05, 3.63) is 53.6 Å². The van der Waals surface area contributed by atoms with E-state index in [1.165, 1.54) is 6.20 Å². The molecule has 3 aromatic rings. The minimum Gasteiger partial charge on any atom is -0.369 e. The number of aromatic nitrogens is 3. The number of carbonyl (C=O) groups is 2. The van der Waals surface area contributed by atoms with Gasteiger partial charge in [-0.3, -0.25) is 9.59 Å². The first-order valence-electron chi connectivity index (χ1n) is 12.8. The maximum absolute atomic E-state index is 12.9. The third-order valence-electron chi connectivity index (χ3n) is 6.22. The van der Waals surface area contributed by atoms with Gasteiger partial charge in [0.15, 0.2) is 0 Å². The number of pyridine rings is 1. The van der Waals surface area contributed by atoms with Crippen molar-refractivity contribution in [3.8, 4) is 0 Å². The summed E-state index contributed by atoms with van der Waals surface area (Å²) in [7, 11) is 1.96. The molecule has 2 aliphatic heterocycles. The van der Waals surface area contributed by atoms with Crippen LogP contribution in [0.5, 0.6) is 0 Å². The lowest BCUT2D eigenvalue weighted by molar-refractivity contribution is -0.117. The fourth-order valence-electron chi connectivity index (χ4n) is 4.82. The number of hydrogen-bond donors (Lipinski definition) is 3. The maximum atomic E-state index is 12.9. The Kier molecular flexibility index (Phi) is 4.84. The third-order valence-corrected chi connectivity index (χ3v) is 6.22. The van der Waals surface area contributed by atoms with Crippen molar-refractivity contribution in [1.82, 2.24) is 20.3 Å². The molecule has 35 heavy (non-hydrogen) atoms. The molecular formula is C25H28N8O2. The summed E-state index contributed by atoms with van der Waals surface area (Å²) in [6, 6.07) is 9.11. The normalized spacial score (nSPS) is 18.2. The van der Waals surface area contributed by atoms with Crippen molar-refractivity contribution in [3.63, 3.8) is 0 Å². The van der Waals surface area contributed by atoms with E-state index in [0.29, 0.717) is 41.8 Å². The predicted molar refractivity (Wildman–Crippen MR) is 136 cm³/mol. The van der Waals surface area contributed by atoms with Crippen molar-refractivity contribution in [2.45, 2.75) is 32.7 Å². The molecule has 0 bridgehead atoms. The molecule has 5 rings (SSSR count). The number of anilines is 6. The summed E-state index contributed by atoms with van der Waals surface area (Å²) in [5.41, 5.74) is 3.44. The van der Waals surface area contributed by atoms with E-state index < -0.39 is 12.9 Å². The monoisotopic (exact) mass is 475 g/mol. The number of benzene rings is 1. The average molecular weight is 476 g/mol. The van der Waals surface area contributed by atoms with Crippen LogP contribution in [0.3, 0.4) is 0 Å². The zero-order chi connectivity index (χ0) is 27.2. The number of hydrogen-bond acceptors (Lipinski definition) is 8. The summed E-state index contributed by atoms with van der Waals surface area (Å²) in [6.07, 6.45) is 2.63. The van der Waals surface area contributed by atoms with Gasteiger partial charge in [0, 0.05) is 55.1 Å². The summed E-state index contributed by atoms with van der Waals surface area (Å²) < 4.78 is 22.4. The Morgan fingerprint density at radius 3 is 2.80 bits per heavy atom. The smallest absolute Gasteiger partial charge is 0.254 e. The van der Waals surface area contributed by atoms with Gasteiger partial charge in [0.25, 0.3) is 5.91 Å². The molecule has 2 aliphatic rings. The van der Waals surface area contributed by atoms with Crippen molar-refractivity contribution >= 4 is 46.2 Å². The van der Waals surface area contributed by atoms with E-state index in [-0.39, 0.29) is 17.5 Å². The van der Waals surface area contributed by atoms with Crippen LogP contribution < -0.4 is 25.8 Å². The van der Waals surface area contributed by atoms with Gasteiger partial charge < -0.3 is 25.8 Å². The number of amides is 2. The Bertz CT molecular complexity index is 1410. The van der Waals surface area contributed by atoms with Crippen LogP contribution >= 0.6 is 0 Å². The van der Waals surface area contributed by atoms with Gasteiger partial charge in [0.1, 0.15) is 17.5 Å². The van der Waals surface area contributed by atoms with Gasteiger partial charge in [0.2, 0.25) is 5.91 Å². The highest BCUT2D eigenvalue weighted by atomic mass is 16.2. The molecule has 1 fully saturated rings. The molecule has 2 aromatic heterocycles. The second kappa shape index (κ2) is 8.86. The van der Waals surface area contributed by atoms with Crippen LogP contribution in [-0.4, -0.2) is 53.4 Å². The van der Waals surface area contributed by atoms with Gasteiger partial charge in [-0.1, -0.05) is 6.07 Å². The van der Waals surface area contributed by atoms with E-state index in [1.807, 2.05) is 42.4 Å². The van der Waals surface area contributed by atoms with Crippen LogP contribution in [0.25, 0.3) is 0 Å². The summed E-state index contributed by atoms with van der Waals surface area (Å²) in [4.78, 5) is 42.5. The minimum atomic E-state index is -2.67. The summed E-state index contributed by atoms with van der Waals surface area (Å²) in [5, 5.41) is 8.46. The van der Waals surface area contributed by atoms with Crippen LogP contribution in [0.1, 0.15) is 38.8 Å². The molecule has 1 saturated heterocycles. The second-order valence-electron chi connectivity index (χ2n) is 8.77. The number of nitrogens with zero attached hydrogens (tertiary/aromatic N) is 5. The lowest BCUT2D eigenvalue weighted by Crippen LogP contribution is -2.46. The molecule has 2 amide bonds. The third kappa shape index (κ3) is 4.23. The molecule has 1 atom stereocenters. The SMILES string of the molecule is [2H]C([2H])([2H])NC(=O)c1cnc(Nc2cc(C)nc(C)n2)cc1Nc1cccc2c1N(C)C[C@H]1CCC(=O)N21. The molecule has 3 N–H and O–H groups in total. The van der Waals surface area contributed by atoms with E-state index in [9.17, 15) is 9.59 Å². The number of fused-ring (bicyclic) bond motifs is 3. The number of likely N-dealkylation sites (N-methyl/N-ethyl adjacent to an activating group) is 1. The molecule has 0 spiro atoms. The zero-order valence-electron chi connectivity index (χ0n) is 22.7. The number of aryl methyl sites for hydroxylation is 2. The Labute approximate surface area is 208 Å². The molecule has 10 nitrogen and oxygen atoms in total. The van der Waals surface area contributed by atoms with Crippen molar-refractivity contribution in [2.24, 2.45) is 0 Å². The standard InChI is InChI=1S/C25H28N8O2/c1-14-10-22(29-15(2)28-14)31-21-11-19(17(12-27-21)25(35)26-3)30-18-6-5-7-20-24(18)32(4)13-16-8-9-23(34)33(16)20/h5-7,10-12,16H,8-9,13H2,1-4H3,(H,26,35)(H2,27,28,29,30,31)/t16-/m1/s1/i3D3. The van der Waals surface area contributed by atoms with Gasteiger partial charge in [0.05, 0.1) is 34.4 Å². The minimum absolute atomic E-state index is 0.0490. The fourth-order valence-corrected chi connectivity index (χ4v) is 4.82. The summed E-state index contributed by atoms with van der Waals surface area (Å²) in [6.45, 7) is 1.65. The molecule has 0 aliphatic carbocycles. The molecular weight excluding hydrogens is 444 g/mol. The average Bonchev–Trinajstić information content (AvgIpc) is 3.18. The van der Waals surface area contributed by atoms with Crippen LogP contribution in [0.2, 0.25) is 0 Å². The quantitative estimate of drug-likeness (QED) is 0.515. The van der Waals surface area contributed by atoms with Gasteiger partial charge >= 0.3 is 0 Å². The van der Waals surface area contributed by atoms with E-state index in [1.54, 1.807) is 19.1 Å². The predicted octanol–water partition coefficient (Wildman–Crippen LogP) is 3.28. The first-order valence-corrected chi connectivity index (χ1v) is 11.3. The van der Waals surface area contributed by atoms with Crippen LogP contribution in [0.4, 0.5) is 34.4 Å². The first kappa shape index (κ1) is 19.1. The van der Waals surface area contributed by atoms with Crippen LogP contribution in [0.15, 0.2) is 36.5 Å². The van der Waals surface area contributed by atoms with Gasteiger partial charge in [-0.05, 0) is 32.4 Å². The molecule has 0 unspecified atom stereocenters. The number of rotatable bonds is 5. The topological polar surface area (TPSA) is 115 Å². The highest BCUT2D eigenvalue weighted by Crippen LogP contribution is 2.44. The van der Waals surface area contributed by atoms with Crippen molar-refractivity contribution in [2.75, 3.05) is 41.0 Å². The molecule has 0 saturated carbocycles. The van der Waals surface area contributed by atoms with E-state index in [2.05, 4.69) is 30.5 Å². The van der Waals surface area contributed by atoms with Gasteiger partial charge in [-0.25, -0.2) is 15.0 Å². The molecule has 1 aromatic carbocycles. The second-order valence-corrected chi connectivity index (χ2v) is 8.77. The lowest BCUT2D eigenvalue weighted by Gasteiger charge is -2.39. The molecule has 180 valence electrons. The lowest BCUT2D eigenvalue weighted by atomic mass is 10.1. The zero-order valence-corrected chi connectivity index (χ0v) is 19.7. The van der Waals surface area contributed by atoms with E-state index in [4.69, 9.17) is 4.11 Å². The molecule has 10 heteroatoms. The highest BCUT2D eigenvalue weighted by Gasteiger charge is 2.39. The van der Waals surface area contributed by atoms with Crippen molar-refractivity contribution in [1.29, 1.82) is 0 Å². The Hall–Kier alpha value is -4.21. The Morgan fingerprint density at radius 1 is 1.14 bits per heavy atom. The largest absolute Gasteiger partial charge is 0.369 e. The fraction of sp³-hybridized carbons (Fsp3) is 0.320. The molecule has 0 radical (unpaired) electrons. The van der Waals surface area contributed by atoms with Gasteiger partial charge in [-0.2, -0.15) is 0 Å². The van der Waals surface area contributed by atoms with Crippen LogP contribution in [0, 0.1) is 13.8 Å². The van der Waals surface area contributed by atoms with E-state index in [0.717, 1.165) is 23.5 Å². The van der Waals surface area contributed by atoms with E-state index >= 15 is 0 Å². The first-order chi connectivity index (χ1) is 18.0. The van der Waals surface area contributed by atoms with Crippen LogP contribution in [-0.2, 0) is 4.79 Å². The summed E-state index contributed by atoms with van der Waals surface area (Å²) >= 11 is 0.